The van der Waals surface area contributed by atoms with Gasteiger partial charge in [-0.3, -0.25) is 10.1 Å². The minimum absolute atomic E-state index is 0.00111. The average Bonchev–Trinajstić information content (AvgIpc) is 2.77. The van der Waals surface area contributed by atoms with Crippen LogP contribution >= 0.6 is 0 Å². The summed E-state index contributed by atoms with van der Waals surface area (Å²) in [4.78, 5) is 14.5. The summed E-state index contributed by atoms with van der Waals surface area (Å²) in [6, 6.07) is 8.62. The molecule has 1 aromatic rings. The summed E-state index contributed by atoms with van der Waals surface area (Å²) in [5.41, 5.74) is 2.41. The van der Waals surface area contributed by atoms with E-state index >= 15 is 0 Å². The van der Waals surface area contributed by atoms with Crippen molar-refractivity contribution in [2.75, 3.05) is 13.2 Å². The first-order valence-corrected chi connectivity index (χ1v) is 7.39. The molecule has 0 bridgehead atoms. The van der Waals surface area contributed by atoms with Gasteiger partial charge in [0.25, 0.3) is 0 Å². The van der Waals surface area contributed by atoms with E-state index in [9.17, 15) is 4.79 Å². The number of rotatable bonds is 2. The average molecular weight is 274 g/mol. The van der Waals surface area contributed by atoms with Crippen LogP contribution in [-0.4, -0.2) is 36.1 Å². The summed E-state index contributed by atoms with van der Waals surface area (Å²) in [5, 5.41) is 3.42. The molecule has 0 saturated carbocycles. The van der Waals surface area contributed by atoms with Crippen molar-refractivity contribution in [2.24, 2.45) is 0 Å². The van der Waals surface area contributed by atoms with Gasteiger partial charge in [0, 0.05) is 19.3 Å². The van der Waals surface area contributed by atoms with Gasteiger partial charge in [0.1, 0.15) is 6.17 Å². The Bertz CT molecular complexity index is 480. The number of nitrogens with one attached hydrogen (secondary N) is 1. The maximum atomic E-state index is 12.5. The van der Waals surface area contributed by atoms with E-state index in [2.05, 4.69) is 36.5 Å². The lowest BCUT2D eigenvalue weighted by Gasteiger charge is -2.35. The van der Waals surface area contributed by atoms with Gasteiger partial charge in [-0.25, -0.2) is 0 Å². The van der Waals surface area contributed by atoms with Crippen molar-refractivity contribution in [1.82, 2.24) is 10.2 Å². The van der Waals surface area contributed by atoms with E-state index in [0.29, 0.717) is 6.04 Å². The van der Waals surface area contributed by atoms with Crippen LogP contribution in [0.1, 0.15) is 37.1 Å². The SMILES string of the molecule is Cc1ccc(C2NC(C)C(=O)N2C2CCOCC2)cc1. The second-order valence-electron chi connectivity index (χ2n) is 5.79. The van der Waals surface area contributed by atoms with Gasteiger partial charge < -0.3 is 9.64 Å². The maximum absolute atomic E-state index is 12.5. The van der Waals surface area contributed by atoms with E-state index in [1.54, 1.807) is 0 Å². The molecule has 2 unspecified atom stereocenters. The Morgan fingerprint density at radius 2 is 1.85 bits per heavy atom. The normalized spacial score (nSPS) is 28.1. The zero-order chi connectivity index (χ0) is 14.1. The smallest absolute Gasteiger partial charge is 0.241 e. The number of nitrogens with zero attached hydrogens (tertiary/aromatic N) is 1. The van der Waals surface area contributed by atoms with Crippen LogP contribution in [0.5, 0.6) is 0 Å². The Labute approximate surface area is 120 Å². The summed E-state index contributed by atoms with van der Waals surface area (Å²) >= 11 is 0. The summed E-state index contributed by atoms with van der Waals surface area (Å²) in [6.07, 6.45) is 1.87. The number of ether oxygens (including phenoxy) is 1. The number of aryl methyl sites for hydroxylation is 1. The maximum Gasteiger partial charge on any atom is 0.241 e. The van der Waals surface area contributed by atoms with Crippen LogP contribution in [0.15, 0.2) is 24.3 Å². The third kappa shape index (κ3) is 2.45. The zero-order valence-electron chi connectivity index (χ0n) is 12.1. The first-order chi connectivity index (χ1) is 9.66. The number of hydrogen-bond donors (Lipinski definition) is 1. The van der Waals surface area contributed by atoms with Gasteiger partial charge in [-0.15, -0.1) is 0 Å². The van der Waals surface area contributed by atoms with Crippen LogP contribution in [0.4, 0.5) is 0 Å². The van der Waals surface area contributed by atoms with Crippen LogP contribution in [0.2, 0.25) is 0 Å². The summed E-state index contributed by atoms with van der Waals surface area (Å²) in [5.74, 6) is 0.211. The molecule has 0 aromatic heterocycles. The number of benzene rings is 1. The molecule has 2 fully saturated rings. The number of carbonyl (C=O) groups excluding carboxylic acids is 1. The molecule has 0 radical (unpaired) electrons. The first-order valence-electron chi connectivity index (χ1n) is 7.39. The molecule has 0 spiro atoms. The summed E-state index contributed by atoms with van der Waals surface area (Å²) in [6.45, 7) is 5.53. The Kier molecular flexibility index (Phi) is 3.76. The molecule has 2 aliphatic heterocycles. The molecule has 1 aromatic carbocycles. The van der Waals surface area contributed by atoms with E-state index in [1.165, 1.54) is 11.1 Å². The van der Waals surface area contributed by atoms with Crippen molar-refractivity contribution in [2.45, 2.75) is 44.9 Å². The second kappa shape index (κ2) is 5.54. The van der Waals surface area contributed by atoms with Crippen molar-refractivity contribution in [1.29, 1.82) is 0 Å². The van der Waals surface area contributed by atoms with Gasteiger partial charge in [0.2, 0.25) is 5.91 Å². The van der Waals surface area contributed by atoms with E-state index in [-0.39, 0.29) is 18.1 Å². The van der Waals surface area contributed by atoms with Gasteiger partial charge in [0.05, 0.1) is 6.04 Å². The monoisotopic (exact) mass is 274 g/mol. The van der Waals surface area contributed by atoms with Crippen LogP contribution in [0.25, 0.3) is 0 Å². The van der Waals surface area contributed by atoms with Crippen LogP contribution in [0, 0.1) is 6.92 Å². The molecule has 2 heterocycles. The number of amides is 1. The predicted molar refractivity (Wildman–Crippen MR) is 77.2 cm³/mol. The molecule has 3 rings (SSSR count). The van der Waals surface area contributed by atoms with Crippen molar-refractivity contribution >= 4 is 5.91 Å². The molecule has 0 aliphatic carbocycles. The molecular formula is C16H22N2O2. The highest BCUT2D eigenvalue weighted by Crippen LogP contribution is 2.31. The highest BCUT2D eigenvalue weighted by molar-refractivity contribution is 5.84. The highest BCUT2D eigenvalue weighted by atomic mass is 16.5. The molecule has 20 heavy (non-hydrogen) atoms. The quantitative estimate of drug-likeness (QED) is 0.897. The highest BCUT2D eigenvalue weighted by Gasteiger charge is 2.41. The lowest BCUT2D eigenvalue weighted by atomic mass is 10.0. The topological polar surface area (TPSA) is 41.6 Å². The van der Waals surface area contributed by atoms with Crippen molar-refractivity contribution in [3.63, 3.8) is 0 Å². The molecule has 1 amide bonds. The fraction of sp³-hybridized carbons (Fsp3) is 0.562. The number of carbonyl (C=O) groups is 1. The van der Waals surface area contributed by atoms with E-state index in [4.69, 9.17) is 4.74 Å². The fourth-order valence-corrected chi connectivity index (χ4v) is 3.10. The van der Waals surface area contributed by atoms with Crippen molar-refractivity contribution in [3.8, 4) is 0 Å². The molecule has 2 aliphatic rings. The predicted octanol–water partition coefficient (Wildman–Crippen LogP) is 1.99. The standard InChI is InChI=1S/C16H22N2O2/c1-11-3-5-13(6-4-11)15-17-12(2)16(19)18(15)14-7-9-20-10-8-14/h3-6,12,14-15,17H,7-10H2,1-2H3. The fourth-order valence-electron chi connectivity index (χ4n) is 3.10. The molecule has 1 N–H and O–H groups in total. The minimum Gasteiger partial charge on any atom is -0.381 e. The molecule has 4 nitrogen and oxygen atoms in total. The lowest BCUT2D eigenvalue weighted by Crippen LogP contribution is -2.43. The molecule has 2 saturated heterocycles. The van der Waals surface area contributed by atoms with Gasteiger partial charge in [-0.05, 0) is 32.3 Å². The summed E-state index contributed by atoms with van der Waals surface area (Å²) in [7, 11) is 0. The van der Waals surface area contributed by atoms with Gasteiger partial charge in [-0.2, -0.15) is 0 Å². The third-order valence-corrected chi connectivity index (χ3v) is 4.29. The van der Waals surface area contributed by atoms with Crippen molar-refractivity contribution in [3.05, 3.63) is 35.4 Å². The zero-order valence-corrected chi connectivity index (χ0v) is 12.1. The minimum atomic E-state index is -0.107. The summed E-state index contributed by atoms with van der Waals surface area (Å²) < 4.78 is 5.42. The third-order valence-electron chi connectivity index (χ3n) is 4.29. The van der Waals surface area contributed by atoms with Crippen LogP contribution < -0.4 is 5.32 Å². The van der Waals surface area contributed by atoms with Crippen molar-refractivity contribution < 1.29 is 9.53 Å². The molecule has 108 valence electrons. The Morgan fingerprint density at radius 1 is 1.20 bits per heavy atom. The van der Waals surface area contributed by atoms with Gasteiger partial charge in [-0.1, -0.05) is 29.8 Å². The number of hydrogen-bond acceptors (Lipinski definition) is 3. The van der Waals surface area contributed by atoms with Crippen LogP contribution in [0.3, 0.4) is 0 Å². The lowest BCUT2D eigenvalue weighted by molar-refractivity contribution is -0.134. The van der Waals surface area contributed by atoms with E-state index in [1.807, 2.05) is 11.8 Å². The molecule has 2 atom stereocenters. The second-order valence-corrected chi connectivity index (χ2v) is 5.79. The van der Waals surface area contributed by atoms with E-state index < -0.39 is 0 Å². The Hall–Kier alpha value is -1.39. The molecular weight excluding hydrogens is 252 g/mol. The first kappa shape index (κ1) is 13.6. The Balaban J connectivity index is 1.87. The Morgan fingerprint density at radius 3 is 2.50 bits per heavy atom. The van der Waals surface area contributed by atoms with Crippen LogP contribution in [-0.2, 0) is 9.53 Å². The van der Waals surface area contributed by atoms with Gasteiger partial charge in [0.15, 0.2) is 0 Å². The molecule has 4 heteroatoms. The largest absolute Gasteiger partial charge is 0.381 e. The van der Waals surface area contributed by atoms with Gasteiger partial charge >= 0.3 is 0 Å². The van der Waals surface area contributed by atoms with E-state index in [0.717, 1.165) is 26.1 Å².